The summed E-state index contributed by atoms with van der Waals surface area (Å²) in [7, 11) is 0. The summed E-state index contributed by atoms with van der Waals surface area (Å²) in [6.45, 7) is 0.299. The predicted molar refractivity (Wildman–Crippen MR) is 125 cm³/mol. The van der Waals surface area contributed by atoms with Crippen molar-refractivity contribution in [3.63, 3.8) is 0 Å². The highest BCUT2D eigenvalue weighted by Gasteiger charge is 2.19. The number of ketones is 1. The van der Waals surface area contributed by atoms with E-state index in [1.54, 1.807) is 66.7 Å². The SMILES string of the molecule is O=C(Nc1ccc(Cl)cc1C(=O)c1ccccc1)c1ccc(COc2ccc3c(c2)OCO3)o1. The van der Waals surface area contributed by atoms with Crippen LogP contribution in [0.15, 0.2) is 83.3 Å². The molecule has 34 heavy (non-hydrogen) atoms. The molecule has 1 aromatic heterocycles. The fourth-order valence-corrected chi connectivity index (χ4v) is 3.61. The zero-order valence-electron chi connectivity index (χ0n) is 17.7. The molecule has 3 aromatic carbocycles. The molecule has 1 aliphatic rings. The lowest BCUT2D eigenvalue weighted by Crippen LogP contribution is -2.14. The third kappa shape index (κ3) is 4.60. The summed E-state index contributed by atoms with van der Waals surface area (Å²) >= 11 is 6.11. The molecule has 2 heterocycles. The van der Waals surface area contributed by atoms with Gasteiger partial charge in [-0.15, -0.1) is 0 Å². The van der Waals surface area contributed by atoms with Crippen molar-refractivity contribution in [1.29, 1.82) is 0 Å². The fraction of sp³-hybridized carbons (Fsp3) is 0.0769. The van der Waals surface area contributed by atoms with E-state index in [0.29, 0.717) is 39.3 Å². The molecule has 0 saturated carbocycles. The molecular weight excluding hydrogens is 458 g/mol. The molecule has 0 fully saturated rings. The molecule has 0 saturated heterocycles. The predicted octanol–water partition coefficient (Wildman–Crippen LogP) is 5.72. The van der Waals surface area contributed by atoms with Gasteiger partial charge in [-0.05, 0) is 42.5 Å². The van der Waals surface area contributed by atoms with Gasteiger partial charge < -0.3 is 23.9 Å². The highest BCUT2D eigenvalue weighted by molar-refractivity contribution is 6.31. The van der Waals surface area contributed by atoms with Crippen LogP contribution >= 0.6 is 11.6 Å². The molecule has 0 unspecified atom stereocenters. The van der Waals surface area contributed by atoms with Crippen molar-refractivity contribution in [1.82, 2.24) is 0 Å². The zero-order chi connectivity index (χ0) is 23.5. The van der Waals surface area contributed by atoms with Crippen LogP contribution < -0.4 is 19.5 Å². The lowest BCUT2D eigenvalue weighted by molar-refractivity contribution is 0.0992. The molecule has 0 atom stereocenters. The number of furan rings is 1. The maximum atomic E-state index is 13.0. The van der Waals surface area contributed by atoms with Crippen LogP contribution in [0, 0.1) is 0 Å². The summed E-state index contributed by atoms with van der Waals surface area (Å²) in [5.74, 6) is 1.64. The summed E-state index contributed by atoms with van der Waals surface area (Å²) in [5, 5.41) is 3.12. The zero-order valence-corrected chi connectivity index (χ0v) is 18.5. The van der Waals surface area contributed by atoms with Gasteiger partial charge in [0.25, 0.3) is 5.91 Å². The van der Waals surface area contributed by atoms with Crippen LogP contribution in [0.3, 0.4) is 0 Å². The van der Waals surface area contributed by atoms with Crippen LogP contribution in [0.2, 0.25) is 5.02 Å². The Morgan fingerprint density at radius 1 is 0.912 bits per heavy atom. The minimum absolute atomic E-state index is 0.0809. The van der Waals surface area contributed by atoms with E-state index in [-0.39, 0.29) is 30.5 Å². The molecule has 1 aliphatic heterocycles. The average molecular weight is 476 g/mol. The van der Waals surface area contributed by atoms with Crippen molar-refractivity contribution < 1.29 is 28.2 Å². The van der Waals surface area contributed by atoms with Crippen LogP contribution in [0.4, 0.5) is 5.69 Å². The van der Waals surface area contributed by atoms with Crippen molar-refractivity contribution in [3.8, 4) is 17.2 Å². The van der Waals surface area contributed by atoms with Crippen LogP contribution in [0.1, 0.15) is 32.2 Å². The van der Waals surface area contributed by atoms with E-state index in [9.17, 15) is 9.59 Å². The number of carbonyl (C=O) groups excluding carboxylic acids is 2. The third-order valence-corrected chi connectivity index (χ3v) is 5.36. The van der Waals surface area contributed by atoms with Gasteiger partial charge in [-0.25, -0.2) is 0 Å². The van der Waals surface area contributed by atoms with Crippen molar-refractivity contribution in [2.75, 3.05) is 12.1 Å². The first-order valence-corrected chi connectivity index (χ1v) is 10.8. The smallest absolute Gasteiger partial charge is 0.291 e. The summed E-state index contributed by atoms with van der Waals surface area (Å²) in [6.07, 6.45) is 0. The normalized spacial score (nSPS) is 11.8. The van der Waals surface area contributed by atoms with E-state index < -0.39 is 5.91 Å². The molecule has 4 aromatic rings. The van der Waals surface area contributed by atoms with Gasteiger partial charge in [-0.2, -0.15) is 0 Å². The molecule has 0 radical (unpaired) electrons. The lowest BCUT2D eigenvalue weighted by atomic mass is 10.0. The molecule has 1 N–H and O–H groups in total. The van der Waals surface area contributed by atoms with Crippen molar-refractivity contribution in [2.45, 2.75) is 6.61 Å². The number of halogens is 1. The lowest BCUT2D eigenvalue weighted by Gasteiger charge is -2.10. The van der Waals surface area contributed by atoms with Crippen molar-refractivity contribution >= 4 is 29.0 Å². The van der Waals surface area contributed by atoms with E-state index >= 15 is 0 Å². The van der Waals surface area contributed by atoms with Crippen molar-refractivity contribution in [3.05, 3.63) is 107 Å². The number of nitrogens with one attached hydrogen (secondary N) is 1. The number of amides is 1. The third-order valence-electron chi connectivity index (χ3n) is 5.12. The monoisotopic (exact) mass is 475 g/mol. The molecule has 1 amide bonds. The molecule has 8 heteroatoms. The van der Waals surface area contributed by atoms with Crippen LogP contribution in [0.25, 0.3) is 0 Å². The Morgan fingerprint density at radius 3 is 2.59 bits per heavy atom. The Hall–Kier alpha value is -4.23. The van der Waals surface area contributed by atoms with E-state index in [1.165, 1.54) is 6.07 Å². The number of anilines is 1. The number of hydrogen-bond donors (Lipinski definition) is 1. The number of benzene rings is 3. The van der Waals surface area contributed by atoms with Gasteiger partial charge in [0.2, 0.25) is 6.79 Å². The maximum Gasteiger partial charge on any atom is 0.291 e. The Kier molecular flexibility index (Phi) is 5.93. The van der Waals surface area contributed by atoms with E-state index in [2.05, 4.69) is 5.32 Å². The van der Waals surface area contributed by atoms with Gasteiger partial charge in [0.05, 0.1) is 5.69 Å². The van der Waals surface area contributed by atoms with Crippen molar-refractivity contribution in [2.24, 2.45) is 0 Å². The number of carbonyl (C=O) groups is 2. The van der Waals surface area contributed by atoms with Gasteiger partial charge in [-0.1, -0.05) is 41.9 Å². The van der Waals surface area contributed by atoms with Crippen LogP contribution in [0.5, 0.6) is 17.2 Å². The number of ether oxygens (including phenoxy) is 3. The fourth-order valence-electron chi connectivity index (χ4n) is 3.44. The first-order chi connectivity index (χ1) is 16.6. The number of hydrogen-bond acceptors (Lipinski definition) is 6. The van der Waals surface area contributed by atoms with Gasteiger partial charge in [0.15, 0.2) is 23.0 Å². The van der Waals surface area contributed by atoms with Gasteiger partial charge >= 0.3 is 0 Å². The largest absolute Gasteiger partial charge is 0.486 e. The van der Waals surface area contributed by atoms with E-state index in [1.807, 2.05) is 6.07 Å². The molecule has 0 aliphatic carbocycles. The minimum atomic E-state index is -0.501. The van der Waals surface area contributed by atoms with E-state index in [0.717, 1.165) is 0 Å². The second kappa shape index (κ2) is 9.33. The molecule has 0 bridgehead atoms. The number of fused-ring (bicyclic) bond motifs is 1. The first-order valence-electron chi connectivity index (χ1n) is 10.4. The van der Waals surface area contributed by atoms with Gasteiger partial charge in [-0.3, -0.25) is 9.59 Å². The topological polar surface area (TPSA) is 87.0 Å². The summed E-state index contributed by atoms with van der Waals surface area (Å²) in [6, 6.07) is 21.9. The summed E-state index contributed by atoms with van der Waals surface area (Å²) in [4.78, 5) is 25.8. The standard InChI is InChI=1S/C26H18ClNO6/c27-17-6-9-21(20(12-17)25(29)16-4-2-1-3-5-16)28-26(30)23-11-8-19(34-23)14-31-18-7-10-22-24(13-18)33-15-32-22/h1-13H,14-15H2,(H,28,30). The van der Waals surface area contributed by atoms with Crippen LogP contribution in [-0.2, 0) is 6.61 Å². The second-order valence-electron chi connectivity index (χ2n) is 7.41. The average Bonchev–Trinajstić information content (AvgIpc) is 3.53. The quantitative estimate of drug-likeness (QED) is 0.344. The summed E-state index contributed by atoms with van der Waals surface area (Å²) in [5.41, 5.74) is 1.10. The minimum Gasteiger partial charge on any atom is -0.486 e. The maximum absolute atomic E-state index is 13.0. The van der Waals surface area contributed by atoms with Gasteiger partial charge in [0, 0.05) is 22.2 Å². The summed E-state index contributed by atoms with van der Waals surface area (Å²) < 4.78 is 22.0. The Morgan fingerprint density at radius 2 is 1.74 bits per heavy atom. The van der Waals surface area contributed by atoms with E-state index in [4.69, 9.17) is 30.2 Å². The molecule has 170 valence electrons. The Bertz CT molecular complexity index is 1360. The first kappa shape index (κ1) is 21.6. The molecule has 5 rings (SSSR count). The number of rotatable bonds is 7. The molecule has 7 nitrogen and oxygen atoms in total. The highest BCUT2D eigenvalue weighted by atomic mass is 35.5. The Labute approximate surface area is 199 Å². The molecule has 0 spiro atoms. The molecular formula is C26H18ClNO6. The Balaban J connectivity index is 1.28. The van der Waals surface area contributed by atoms with Gasteiger partial charge in [0.1, 0.15) is 18.1 Å². The van der Waals surface area contributed by atoms with Crippen LogP contribution in [-0.4, -0.2) is 18.5 Å². The second-order valence-corrected chi connectivity index (χ2v) is 7.85. The highest BCUT2D eigenvalue weighted by Crippen LogP contribution is 2.35.